The first-order valence-electron chi connectivity index (χ1n) is 8.99. The Kier molecular flexibility index (Phi) is 6.24. The molecule has 3 rings (SSSR count). The van der Waals surface area contributed by atoms with E-state index in [9.17, 15) is 22.0 Å². The molecule has 0 heterocycles. The maximum Gasteiger partial charge on any atom is 0.240 e. The van der Waals surface area contributed by atoms with Crippen LogP contribution in [0.15, 0.2) is 65.6 Å². The first-order chi connectivity index (χ1) is 13.8. The van der Waals surface area contributed by atoms with Gasteiger partial charge in [0.25, 0.3) is 0 Å². The molecule has 0 aliphatic heterocycles. The maximum atomic E-state index is 13.2. The van der Waals surface area contributed by atoms with Gasteiger partial charge in [0.1, 0.15) is 0 Å². The van der Waals surface area contributed by atoms with E-state index < -0.39 is 26.6 Å². The smallest absolute Gasteiger partial charge is 0.240 e. The van der Waals surface area contributed by atoms with Crippen LogP contribution in [0.2, 0.25) is 0 Å². The second kappa shape index (κ2) is 8.67. The van der Waals surface area contributed by atoms with Crippen LogP contribution >= 0.6 is 0 Å². The topological polar surface area (TPSA) is 75.3 Å². The van der Waals surface area contributed by atoms with Crippen molar-refractivity contribution in [3.05, 3.63) is 77.9 Å². The fourth-order valence-corrected chi connectivity index (χ4v) is 3.94. The van der Waals surface area contributed by atoms with Crippen LogP contribution in [0.25, 0.3) is 10.8 Å². The molecule has 1 amide bonds. The number of hydrogen-bond donors (Lipinski definition) is 2. The Morgan fingerprint density at radius 3 is 2.41 bits per heavy atom. The number of amides is 1. The van der Waals surface area contributed by atoms with E-state index in [0.29, 0.717) is 6.07 Å². The lowest BCUT2D eigenvalue weighted by atomic mass is 10.0. The third-order valence-corrected chi connectivity index (χ3v) is 5.96. The van der Waals surface area contributed by atoms with E-state index in [1.54, 1.807) is 0 Å². The van der Waals surface area contributed by atoms with Gasteiger partial charge in [-0.15, -0.1) is 0 Å². The van der Waals surface area contributed by atoms with Gasteiger partial charge in [-0.05, 0) is 47.5 Å². The summed E-state index contributed by atoms with van der Waals surface area (Å²) >= 11 is 0. The summed E-state index contributed by atoms with van der Waals surface area (Å²) in [5.74, 6) is -2.72. The van der Waals surface area contributed by atoms with Crippen LogP contribution < -0.4 is 10.0 Å². The monoisotopic (exact) mass is 418 g/mol. The number of carbonyl (C=O) groups excluding carboxylic acids is 1. The lowest BCUT2D eigenvalue weighted by Crippen LogP contribution is -2.32. The van der Waals surface area contributed by atoms with Gasteiger partial charge in [0.2, 0.25) is 15.9 Å². The van der Waals surface area contributed by atoms with Crippen LogP contribution in [0.4, 0.5) is 8.78 Å². The first-order valence-corrected chi connectivity index (χ1v) is 10.5. The van der Waals surface area contributed by atoms with E-state index in [2.05, 4.69) is 10.0 Å². The van der Waals surface area contributed by atoms with Gasteiger partial charge in [-0.25, -0.2) is 21.9 Å². The average molecular weight is 418 g/mol. The molecular weight excluding hydrogens is 398 g/mol. The number of carbonyl (C=O) groups is 1. The molecule has 2 N–H and O–H groups in total. The van der Waals surface area contributed by atoms with Crippen molar-refractivity contribution in [1.82, 2.24) is 10.0 Å². The Labute approximate surface area is 167 Å². The van der Waals surface area contributed by atoms with Crippen molar-refractivity contribution in [2.45, 2.75) is 24.3 Å². The predicted molar refractivity (Wildman–Crippen MR) is 107 cm³/mol. The van der Waals surface area contributed by atoms with Gasteiger partial charge >= 0.3 is 0 Å². The zero-order chi connectivity index (χ0) is 21.0. The molecule has 0 aromatic heterocycles. The molecule has 0 radical (unpaired) electrons. The number of nitrogens with one attached hydrogen (secondary N) is 2. The molecule has 0 aliphatic rings. The minimum absolute atomic E-state index is 0.0964. The zero-order valence-electron chi connectivity index (χ0n) is 15.7. The van der Waals surface area contributed by atoms with Gasteiger partial charge in [0.15, 0.2) is 11.6 Å². The molecule has 0 saturated carbocycles. The van der Waals surface area contributed by atoms with Crippen LogP contribution in [0.5, 0.6) is 0 Å². The molecule has 1 unspecified atom stereocenters. The van der Waals surface area contributed by atoms with Crippen molar-refractivity contribution < 1.29 is 22.0 Å². The molecule has 29 heavy (non-hydrogen) atoms. The SMILES string of the molecule is CC(NC(=O)CCNS(=O)(=O)c1ccc(F)c(F)c1)c1ccc2ccccc2c1. The molecule has 8 heteroatoms. The summed E-state index contributed by atoms with van der Waals surface area (Å²) in [7, 11) is -4.04. The lowest BCUT2D eigenvalue weighted by Gasteiger charge is -2.15. The number of hydrogen-bond acceptors (Lipinski definition) is 3. The highest BCUT2D eigenvalue weighted by Crippen LogP contribution is 2.20. The number of rotatable bonds is 7. The summed E-state index contributed by atoms with van der Waals surface area (Å²) in [5, 5.41) is 4.98. The lowest BCUT2D eigenvalue weighted by molar-refractivity contribution is -0.121. The second-order valence-corrected chi connectivity index (χ2v) is 8.39. The summed E-state index contributed by atoms with van der Waals surface area (Å²) in [6, 6.07) is 15.8. The van der Waals surface area contributed by atoms with Crippen molar-refractivity contribution in [1.29, 1.82) is 0 Å². The highest BCUT2D eigenvalue weighted by molar-refractivity contribution is 7.89. The van der Waals surface area contributed by atoms with Gasteiger partial charge in [-0.2, -0.15) is 0 Å². The molecule has 1 atom stereocenters. The fourth-order valence-electron chi connectivity index (χ4n) is 2.90. The molecular formula is C21H20F2N2O3S. The third kappa shape index (κ3) is 5.16. The van der Waals surface area contributed by atoms with Gasteiger partial charge < -0.3 is 5.32 Å². The standard InChI is InChI=1S/C21H20F2N2O3S/c1-14(16-7-6-15-4-2-3-5-17(15)12-16)25-21(26)10-11-24-29(27,28)18-8-9-19(22)20(23)13-18/h2-9,12-14,24H,10-11H2,1H3,(H,25,26). The predicted octanol–water partition coefficient (Wildman–Crippen LogP) is 3.66. The molecule has 0 spiro atoms. The van der Waals surface area contributed by atoms with Crippen molar-refractivity contribution in [3.63, 3.8) is 0 Å². The minimum atomic E-state index is -4.04. The zero-order valence-corrected chi connectivity index (χ0v) is 16.5. The van der Waals surface area contributed by atoms with Crippen LogP contribution in [-0.4, -0.2) is 20.9 Å². The van der Waals surface area contributed by atoms with Crippen LogP contribution in [-0.2, 0) is 14.8 Å². The van der Waals surface area contributed by atoms with Crippen molar-refractivity contribution >= 4 is 26.7 Å². The fraction of sp³-hybridized carbons (Fsp3) is 0.190. The van der Waals surface area contributed by atoms with Crippen LogP contribution in [0, 0.1) is 11.6 Å². The summed E-state index contributed by atoms with van der Waals surface area (Å²) < 4.78 is 52.6. The molecule has 0 saturated heterocycles. The number of fused-ring (bicyclic) bond motifs is 1. The van der Waals surface area contributed by atoms with E-state index in [0.717, 1.165) is 28.5 Å². The first kappa shape index (κ1) is 20.9. The summed E-state index contributed by atoms with van der Waals surface area (Å²) in [5.41, 5.74) is 0.930. The Morgan fingerprint density at radius 2 is 1.69 bits per heavy atom. The van der Waals surface area contributed by atoms with Crippen LogP contribution in [0.1, 0.15) is 24.9 Å². The van der Waals surface area contributed by atoms with Gasteiger partial charge in [-0.3, -0.25) is 4.79 Å². The Balaban J connectivity index is 1.55. The van der Waals surface area contributed by atoms with Crippen LogP contribution in [0.3, 0.4) is 0 Å². The number of benzene rings is 3. The van der Waals surface area contributed by atoms with Gasteiger partial charge in [-0.1, -0.05) is 36.4 Å². The van der Waals surface area contributed by atoms with E-state index in [4.69, 9.17) is 0 Å². The molecule has 0 bridgehead atoms. The number of sulfonamides is 1. The van der Waals surface area contributed by atoms with Gasteiger partial charge in [0, 0.05) is 13.0 Å². The summed E-state index contributed by atoms with van der Waals surface area (Å²) in [4.78, 5) is 11.8. The largest absolute Gasteiger partial charge is 0.350 e. The Morgan fingerprint density at radius 1 is 0.966 bits per heavy atom. The molecule has 152 valence electrons. The molecule has 0 fully saturated rings. The number of halogens is 2. The highest BCUT2D eigenvalue weighted by Gasteiger charge is 2.17. The van der Waals surface area contributed by atoms with E-state index in [-0.39, 0.29) is 24.9 Å². The maximum absolute atomic E-state index is 13.2. The highest BCUT2D eigenvalue weighted by atomic mass is 32.2. The minimum Gasteiger partial charge on any atom is -0.350 e. The van der Waals surface area contributed by atoms with Crippen molar-refractivity contribution in [2.24, 2.45) is 0 Å². The van der Waals surface area contributed by atoms with E-state index >= 15 is 0 Å². The molecule has 3 aromatic carbocycles. The summed E-state index contributed by atoms with van der Waals surface area (Å²) in [6.07, 6.45) is -0.0964. The Hall–Kier alpha value is -2.84. The molecule has 0 aliphatic carbocycles. The normalized spacial score (nSPS) is 12.7. The van der Waals surface area contributed by atoms with Crippen molar-refractivity contribution in [3.8, 4) is 0 Å². The third-order valence-electron chi connectivity index (χ3n) is 4.50. The average Bonchev–Trinajstić information content (AvgIpc) is 2.69. The molecule has 3 aromatic rings. The van der Waals surface area contributed by atoms with Gasteiger partial charge in [0.05, 0.1) is 10.9 Å². The Bertz CT molecular complexity index is 1150. The molecule has 5 nitrogen and oxygen atoms in total. The second-order valence-electron chi connectivity index (χ2n) is 6.62. The van der Waals surface area contributed by atoms with E-state index in [1.165, 1.54) is 0 Å². The van der Waals surface area contributed by atoms with Crippen molar-refractivity contribution in [2.75, 3.05) is 6.54 Å². The van der Waals surface area contributed by atoms with E-state index in [1.807, 2.05) is 49.4 Å². The summed E-state index contributed by atoms with van der Waals surface area (Å²) in [6.45, 7) is 1.67. The quantitative estimate of drug-likeness (QED) is 0.615.